The summed E-state index contributed by atoms with van der Waals surface area (Å²) in [6.45, 7) is 12.6. The van der Waals surface area contributed by atoms with Gasteiger partial charge in [-0.15, -0.1) is 0 Å². The van der Waals surface area contributed by atoms with E-state index in [4.69, 9.17) is 13.3 Å². The molecule has 0 saturated carbocycles. The maximum Gasteiger partial charge on any atom is 0.501 e. The molecule has 1 unspecified atom stereocenters. The molecule has 0 bridgehead atoms. The molecule has 110 valence electrons. The van der Waals surface area contributed by atoms with Crippen LogP contribution in [0.3, 0.4) is 0 Å². The Morgan fingerprint density at radius 1 is 0.833 bits per heavy atom. The molecule has 0 aromatic rings. The van der Waals surface area contributed by atoms with E-state index in [0.29, 0.717) is 25.7 Å². The van der Waals surface area contributed by atoms with E-state index < -0.39 is 8.80 Å². The zero-order valence-corrected chi connectivity index (χ0v) is 14.0. The van der Waals surface area contributed by atoms with Crippen molar-refractivity contribution in [2.75, 3.05) is 19.8 Å². The Morgan fingerprint density at radius 2 is 1.33 bits per heavy atom. The second-order valence-corrected chi connectivity index (χ2v) is 7.24. The molecule has 0 amide bonds. The molecule has 3 nitrogen and oxygen atoms in total. The van der Waals surface area contributed by atoms with Gasteiger partial charge in [-0.05, 0) is 26.7 Å². The highest BCUT2D eigenvalue weighted by atomic mass is 28.4. The molecule has 0 rings (SSSR count). The predicted molar refractivity (Wildman–Crippen MR) is 78.7 cm³/mol. The van der Waals surface area contributed by atoms with Crippen molar-refractivity contribution in [3.63, 3.8) is 0 Å². The summed E-state index contributed by atoms with van der Waals surface area (Å²) in [4.78, 5) is 0. The average Bonchev–Trinajstić information content (AvgIpc) is 2.35. The maximum atomic E-state index is 5.92. The van der Waals surface area contributed by atoms with Crippen LogP contribution in [0.5, 0.6) is 0 Å². The number of unbranched alkanes of at least 4 members (excludes halogenated alkanes) is 1. The van der Waals surface area contributed by atoms with Crippen molar-refractivity contribution in [1.82, 2.24) is 0 Å². The van der Waals surface area contributed by atoms with Gasteiger partial charge in [-0.3, -0.25) is 0 Å². The fraction of sp³-hybridized carbons (Fsp3) is 1.00. The molecule has 1 atom stereocenters. The van der Waals surface area contributed by atoms with Crippen LogP contribution in [0.4, 0.5) is 0 Å². The van der Waals surface area contributed by atoms with Crippen molar-refractivity contribution in [2.24, 2.45) is 5.92 Å². The van der Waals surface area contributed by atoms with Gasteiger partial charge in [0.2, 0.25) is 0 Å². The summed E-state index contributed by atoms with van der Waals surface area (Å²) in [6.07, 6.45) is 4.98. The number of hydrogen-bond acceptors (Lipinski definition) is 3. The molecule has 0 N–H and O–H groups in total. The van der Waals surface area contributed by atoms with Crippen LogP contribution in [-0.2, 0) is 13.3 Å². The molecular formula is C14H32O3Si. The first kappa shape index (κ1) is 18.1. The van der Waals surface area contributed by atoms with E-state index in [9.17, 15) is 0 Å². The summed E-state index contributed by atoms with van der Waals surface area (Å²) < 4.78 is 17.8. The van der Waals surface area contributed by atoms with Gasteiger partial charge in [-0.2, -0.15) is 0 Å². The third-order valence-electron chi connectivity index (χ3n) is 3.17. The van der Waals surface area contributed by atoms with Crippen molar-refractivity contribution < 1.29 is 13.3 Å². The standard InChI is InChI=1S/C14H32O3Si/c1-6-11-12-14(7-2)13-18(15-8-3,16-9-4)17-10-5/h14H,6-13H2,1-5H3. The van der Waals surface area contributed by atoms with Gasteiger partial charge < -0.3 is 13.3 Å². The van der Waals surface area contributed by atoms with Crippen molar-refractivity contribution in [2.45, 2.75) is 66.3 Å². The maximum absolute atomic E-state index is 5.92. The van der Waals surface area contributed by atoms with E-state index >= 15 is 0 Å². The monoisotopic (exact) mass is 276 g/mol. The molecule has 0 spiro atoms. The molecular weight excluding hydrogens is 244 g/mol. The Balaban J connectivity index is 4.58. The van der Waals surface area contributed by atoms with E-state index in [0.717, 1.165) is 6.04 Å². The van der Waals surface area contributed by atoms with Crippen LogP contribution >= 0.6 is 0 Å². The van der Waals surface area contributed by atoms with Crippen molar-refractivity contribution in [1.29, 1.82) is 0 Å². The van der Waals surface area contributed by atoms with E-state index in [1.54, 1.807) is 0 Å². The first-order chi connectivity index (χ1) is 8.67. The second kappa shape index (κ2) is 11.0. The van der Waals surface area contributed by atoms with E-state index in [1.165, 1.54) is 25.7 Å². The predicted octanol–water partition coefficient (Wildman–Crippen LogP) is 4.25. The minimum absolute atomic E-state index is 0.668. The molecule has 0 fully saturated rings. The van der Waals surface area contributed by atoms with Crippen LogP contribution in [0.1, 0.15) is 60.3 Å². The van der Waals surface area contributed by atoms with Gasteiger partial charge in [0.15, 0.2) is 0 Å². The molecule has 0 aromatic carbocycles. The molecule has 4 heteroatoms. The third-order valence-corrected chi connectivity index (χ3v) is 6.44. The lowest BCUT2D eigenvalue weighted by atomic mass is 10.0. The molecule has 18 heavy (non-hydrogen) atoms. The molecule has 0 aliphatic heterocycles. The van der Waals surface area contributed by atoms with Crippen LogP contribution in [0.25, 0.3) is 0 Å². The highest BCUT2D eigenvalue weighted by molar-refractivity contribution is 6.60. The summed E-state index contributed by atoms with van der Waals surface area (Å²) in [6, 6.07) is 0.971. The fourth-order valence-electron chi connectivity index (χ4n) is 2.26. The van der Waals surface area contributed by atoms with Gasteiger partial charge in [0.05, 0.1) is 0 Å². The first-order valence-electron chi connectivity index (χ1n) is 7.59. The highest BCUT2D eigenvalue weighted by Crippen LogP contribution is 2.27. The molecule has 0 heterocycles. The van der Waals surface area contributed by atoms with Gasteiger partial charge in [0, 0.05) is 25.9 Å². The summed E-state index contributed by atoms with van der Waals surface area (Å²) in [5.74, 6) is 0.668. The summed E-state index contributed by atoms with van der Waals surface area (Å²) in [5.41, 5.74) is 0. The fourth-order valence-corrected chi connectivity index (χ4v) is 5.38. The number of hydrogen-bond donors (Lipinski definition) is 0. The van der Waals surface area contributed by atoms with E-state index in [-0.39, 0.29) is 0 Å². The van der Waals surface area contributed by atoms with Crippen LogP contribution in [-0.4, -0.2) is 28.6 Å². The Bertz CT molecular complexity index is 171. The zero-order valence-electron chi connectivity index (χ0n) is 13.0. The van der Waals surface area contributed by atoms with Crippen LogP contribution < -0.4 is 0 Å². The molecule has 0 aliphatic rings. The highest BCUT2D eigenvalue weighted by Gasteiger charge is 2.42. The second-order valence-electron chi connectivity index (χ2n) is 4.60. The molecule has 0 saturated heterocycles. The Labute approximate surface area is 115 Å². The first-order valence-corrected chi connectivity index (χ1v) is 9.52. The average molecular weight is 276 g/mol. The Morgan fingerprint density at radius 3 is 1.67 bits per heavy atom. The van der Waals surface area contributed by atoms with E-state index in [1.807, 2.05) is 20.8 Å². The lowest BCUT2D eigenvalue weighted by molar-refractivity contribution is 0.0662. The van der Waals surface area contributed by atoms with Crippen LogP contribution in [0, 0.1) is 5.92 Å². The topological polar surface area (TPSA) is 27.7 Å². The van der Waals surface area contributed by atoms with Gasteiger partial charge in [-0.25, -0.2) is 0 Å². The summed E-state index contributed by atoms with van der Waals surface area (Å²) in [5, 5.41) is 0. The van der Waals surface area contributed by atoms with Crippen molar-refractivity contribution in [3.05, 3.63) is 0 Å². The molecule has 0 aliphatic carbocycles. The summed E-state index contributed by atoms with van der Waals surface area (Å²) >= 11 is 0. The SMILES string of the molecule is CCCCC(CC)C[Si](OCC)(OCC)OCC. The quantitative estimate of drug-likeness (QED) is 0.499. The number of rotatable bonds is 12. The van der Waals surface area contributed by atoms with Gasteiger partial charge in [-0.1, -0.05) is 39.5 Å². The zero-order chi connectivity index (χ0) is 13.9. The smallest absolute Gasteiger partial charge is 0.374 e. The lowest BCUT2D eigenvalue weighted by Gasteiger charge is -2.31. The normalized spacial score (nSPS) is 13.8. The third kappa shape index (κ3) is 6.88. The lowest BCUT2D eigenvalue weighted by Crippen LogP contribution is -2.47. The molecule has 0 aromatic heterocycles. The molecule has 0 radical (unpaired) electrons. The Kier molecular flexibility index (Phi) is 11.0. The van der Waals surface area contributed by atoms with Gasteiger partial charge >= 0.3 is 8.80 Å². The van der Waals surface area contributed by atoms with Crippen LogP contribution in [0.15, 0.2) is 0 Å². The minimum atomic E-state index is -2.43. The Hall–Kier alpha value is 0.0969. The van der Waals surface area contributed by atoms with E-state index in [2.05, 4.69) is 13.8 Å². The van der Waals surface area contributed by atoms with Crippen molar-refractivity contribution in [3.8, 4) is 0 Å². The summed E-state index contributed by atoms with van der Waals surface area (Å²) in [7, 11) is -2.43. The van der Waals surface area contributed by atoms with Gasteiger partial charge in [0.1, 0.15) is 0 Å². The van der Waals surface area contributed by atoms with Crippen molar-refractivity contribution >= 4 is 8.80 Å². The minimum Gasteiger partial charge on any atom is -0.374 e. The van der Waals surface area contributed by atoms with Gasteiger partial charge in [0.25, 0.3) is 0 Å². The largest absolute Gasteiger partial charge is 0.501 e. The van der Waals surface area contributed by atoms with Crippen LogP contribution in [0.2, 0.25) is 6.04 Å².